The maximum Gasteiger partial charge on any atom is 0.390 e. The van der Waals surface area contributed by atoms with E-state index in [-0.39, 0.29) is 6.42 Å². The number of rotatable bonds is 5. The van der Waals surface area contributed by atoms with Crippen LogP contribution in [0, 0.1) is 0 Å². The molecule has 0 fully saturated rings. The van der Waals surface area contributed by atoms with Crippen molar-refractivity contribution in [3.8, 4) is 0 Å². The molecule has 0 unspecified atom stereocenters. The molecule has 0 rings (SSSR count). The van der Waals surface area contributed by atoms with Crippen LogP contribution in [0.1, 0.15) is 40.0 Å². The molecule has 7 heteroatoms. The average Bonchev–Trinajstić information content (AvgIpc) is 1.95. The summed E-state index contributed by atoms with van der Waals surface area (Å²) in [6.45, 7) is 4.38. The van der Waals surface area contributed by atoms with E-state index < -0.39 is 36.8 Å². The fraction of sp³-hybridized carbons (Fsp3) is 1.00. The van der Waals surface area contributed by atoms with Crippen LogP contribution in [-0.2, 0) is 0 Å². The van der Waals surface area contributed by atoms with E-state index in [1.165, 1.54) is 20.8 Å². The van der Waals surface area contributed by atoms with Crippen LogP contribution in [0.15, 0.2) is 0 Å². The molecule has 0 heterocycles. The van der Waals surface area contributed by atoms with Crippen molar-refractivity contribution in [1.29, 1.82) is 0 Å². The second kappa shape index (κ2) is 5.46. The molecule has 17 heavy (non-hydrogen) atoms. The van der Waals surface area contributed by atoms with E-state index in [0.29, 0.717) is 0 Å². The van der Waals surface area contributed by atoms with Gasteiger partial charge in [-0.25, -0.2) is 0 Å². The molecule has 0 saturated heterocycles. The summed E-state index contributed by atoms with van der Waals surface area (Å²) < 4.78 is 74.1. The van der Waals surface area contributed by atoms with E-state index in [4.69, 9.17) is 0 Å². The van der Waals surface area contributed by atoms with Gasteiger partial charge in [-0.05, 0) is 6.42 Å². The fourth-order valence-corrected chi connectivity index (χ4v) is 1.90. The summed E-state index contributed by atoms with van der Waals surface area (Å²) in [5.41, 5.74) is -1.97. The summed E-state index contributed by atoms with van der Waals surface area (Å²) in [4.78, 5) is 0. The summed E-state index contributed by atoms with van der Waals surface area (Å²) >= 11 is 0. The lowest BCUT2D eigenvalue weighted by Gasteiger charge is -2.37. The van der Waals surface area contributed by atoms with E-state index in [1.54, 1.807) is 0 Å². The van der Waals surface area contributed by atoms with Crippen LogP contribution in [0.25, 0.3) is 0 Å². The number of hydrogen-bond acceptors (Lipinski definition) is 1. The number of alkyl halides is 6. The summed E-state index contributed by atoms with van der Waals surface area (Å²) in [5, 5.41) is 2.42. The molecule has 0 amide bonds. The first-order valence-electron chi connectivity index (χ1n) is 5.30. The molecule has 0 radical (unpaired) electrons. The standard InChI is InChI=1S/C10H17F6N/c1-4-8(17-7(2)3,5-9(11,12)13)6-10(14,15)16/h7,17H,4-6H2,1-3H3. The molecule has 1 N–H and O–H groups in total. The van der Waals surface area contributed by atoms with Gasteiger partial charge in [0.15, 0.2) is 0 Å². The van der Waals surface area contributed by atoms with Crippen molar-refractivity contribution >= 4 is 0 Å². The van der Waals surface area contributed by atoms with Gasteiger partial charge in [-0.2, -0.15) is 26.3 Å². The molecule has 0 saturated carbocycles. The number of hydrogen-bond donors (Lipinski definition) is 1. The zero-order chi connectivity index (χ0) is 13.9. The average molecular weight is 265 g/mol. The monoisotopic (exact) mass is 265 g/mol. The van der Waals surface area contributed by atoms with Crippen LogP contribution in [0.4, 0.5) is 26.3 Å². The molecule has 0 aromatic heterocycles. The van der Waals surface area contributed by atoms with E-state index >= 15 is 0 Å². The highest BCUT2D eigenvalue weighted by Crippen LogP contribution is 2.38. The quantitative estimate of drug-likeness (QED) is 0.740. The third-order valence-corrected chi connectivity index (χ3v) is 2.35. The predicted octanol–water partition coefficient (Wildman–Crippen LogP) is 4.04. The minimum Gasteiger partial charge on any atom is -0.308 e. The summed E-state index contributed by atoms with van der Waals surface area (Å²) in [5.74, 6) is 0. The maximum atomic E-state index is 12.4. The molecule has 0 spiro atoms. The normalized spacial score (nSPS) is 14.5. The van der Waals surface area contributed by atoms with Crippen LogP contribution < -0.4 is 5.32 Å². The smallest absolute Gasteiger partial charge is 0.308 e. The van der Waals surface area contributed by atoms with Gasteiger partial charge in [0.1, 0.15) is 0 Å². The van der Waals surface area contributed by atoms with Gasteiger partial charge in [0.05, 0.1) is 12.8 Å². The van der Waals surface area contributed by atoms with Gasteiger partial charge in [0.2, 0.25) is 0 Å². The first-order chi connectivity index (χ1) is 7.39. The van der Waals surface area contributed by atoms with Crippen LogP contribution in [0.3, 0.4) is 0 Å². The second-order valence-electron chi connectivity index (χ2n) is 4.52. The molecule has 0 atom stereocenters. The number of halogens is 6. The highest BCUT2D eigenvalue weighted by atomic mass is 19.4. The van der Waals surface area contributed by atoms with Crippen LogP contribution in [0.5, 0.6) is 0 Å². The topological polar surface area (TPSA) is 12.0 Å². The Kier molecular flexibility index (Phi) is 5.31. The Bertz CT molecular complexity index is 214. The molecule has 0 aliphatic heterocycles. The van der Waals surface area contributed by atoms with Crippen LogP contribution in [0.2, 0.25) is 0 Å². The zero-order valence-electron chi connectivity index (χ0n) is 9.97. The van der Waals surface area contributed by atoms with Gasteiger partial charge in [-0.3, -0.25) is 0 Å². The third-order valence-electron chi connectivity index (χ3n) is 2.35. The first-order valence-corrected chi connectivity index (χ1v) is 5.30. The minimum absolute atomic E-state index is 0.232. The maximum absolute atomic E-state index is 12.4. The van der Waals surface area contributed by atoms with Gasteiger partial charge in [-0.1, -0.05) is 20.8 Å². The molecule has 0 aromatic carbocycles. The lowest BCUT2D eigenvalue weighted by atomic mass is 9.86. The summed E-state index contributed by atoms with van der Waals surface area (Å²) in [7, 11) is 0. The van der Waals surface area contributed by atoms with Crippen molar-refractivity contribution in [1.82, 2.24) is 5.32 Å². The van der Waals surface area contributed by atoms with E-state index in [2.05, 4.69) is 5.32 Å². The SMILES string of the molecule is CCC(CC(F)(F)F)(CC(F)(F)F)NC(C)C. The molecule has 0 aliphatic carbocycles. The van der Waals surface area contributed by atoms with Crippen LogP contribution >= 0.6 is 0 Å². The predicted molar refractivity (Wildman–Crippen MR) is 52.6 cm³/mol. The highest BCUT2D eigenvalue weighted by Gasteiger charge is 2.47. The zero-order valence-corrected chi connectivity index (χ0v) is 9.97. The van der Waals surface area contributed by atoms with Crippen molar-refractivity contribution in [2.75, 3.05) is 0 Å². The van der Waals surface area contributed by atoms with Crippen molar-refractivity contribution in [3.05, 3.63) is 0 Å². The number of nitrogens with one attached hydrogen (secondary N) is 1. The molecule has 104 valence electrons. The lowest BCUT2D eigenvalue weighted by Crippen LogP contribution is -2.53. The highest BCUT2D eigenvalue weighted by molar-refractivity contribution is 4.92. The van der Waals surface area contributed by atoms with Gasteiger partial charge in [-0.15, -0.1) is 0 Å². The Balaban J connectivity index is 5.01. The lowest BCUT2D eigenvalue weighted by molar-refractivity contribution is -0.183. The fourth-order valence-electron chi connectivity index (χ4n) is 1.90. The molecule has 0 bridgehead atoms. The van der Waals surface area contributed by atoms with Crippen molar-refractivity contribution in [2.45, 2.75) is 64.0 Å². The van der Waals surface area contributed by atoms with Crippen LogP contribution in [-0.4, -0.2) is 23.9 Å². The van der Waals surface area contributed by atoms with E-state index in [9.17, 15) is 26.3 Å². The van der Waals surface area contributed by atoms with Gasteiger partial charge < -0.3 is 5.32 Å². The molecular formula is C10H17F6N. The van der Waals surface area contributed by atoms with Crippen molar-refractivity contribution in [3.63, 3.8) is 0 Å². The Morgan fingerprint density at radius 1 is 0.882 bits per heavy atom. The Labute approximate surface area is 96.6 Å². The molecule has 0 aliphatic rings. The van der Waals surface area contributed by atoms with Gasteiger partial charge in [0.25, 0.3) is 0 Å². The Morgan fingerprint density at radius 2 is 1.24 bits per heavy atom. The summed E-state index contributed by atoms with van der Waals surface area (Å²) in [6.07, 6.45) is -12.4. The van der Waals surface area contributed by atoms with E-state index in [0.717, 1.165) is 0 Å². The third kappa shape index (κ3) is 7.46. The molecule has 1 nitrogen and oxygen atoms in total. The minimum atomic E-state index is -4.62. The Morgan fingerprint density at radius 3 is 1.41 bits per heavy atom. The molecule has 0 aromatic rings. The second-order valence-corrected chi connectivity index (χ2v) is 4.52. The van der Waals surface area contributed by atoms with Crippen molar-refractivity contribution < 1.29 is 26.3 Å². The van der Waals surface area contributed by atoms with Gasteiger partial charge in [0, 0.05) is 11.6 Å². The van der Waals surface area contributed by atoms with Gasteiger partial charge >= 0.3 is 12.4 Å². The first kappa shape index (κ1) is 16.5. The van der Waals surface area contributed by atoms with Crippen molar-refractivity contribution in [2.24, 2.45) is 0 Å². The summed E-state index contributed by atoms with van der Waals surface area (Å²) in [6, 6.07) is -0.445. The van der Waals surface area contributed by atoms with E-state index in [1.807, 2.05) is 0 Å². The largest absolute Gasteiger partial charge is 0.390 e. The molecular weight excluding hydrogens is 248 g/mol. The Hall–Kier alpha value is -0.460.